The maximum Gasteiger partial charge on any atom is 0.193 e. The van der Waals surface area contributed by atoms with Crippen LogP contribution in [0.5, 0.6) is 5.75 Å². The highest BCUT2D eigenvalue weighted by Gasteiger charge is 2.75. The number of hydrogen-bond acceptors (Lipinski definition) is 8. The molecule has 1 unspecified atom stereocenters. The lowest BCUT2D eigenvalue weighted by Gasteiger charge is -2.59. The van der Waals surface area contributed by atoms with E-state index in [0.717, 1.165) is 29.5 Å². The van der Waals surface area contributed by atoms with Gasteiger partial charge in [-0.1, -0.05) is 49.8 Å². The van der Waals surface area contributed by atoms with Crippen molar-refractivity contribution < 1.29 is 34.4 Å². The van der Waals surface area contributed by atoms with Gasteiger partial charge in [-0.3, -0.25) is 9.59 Å². The Kier molecular flexibility index (Phi) is 6.53. The third-order valence-electron chi connectivity index (χ3n) is 11.5. The van der Waals surface area contributed by atoms with Gasteiger partial charge in [-0.2, -0.15) is 0 Å². The molecule has 226 valence electrons. The number of fused-ring (bicyclic) bond motifs is 7. The average Bonchev–Trinajstić information content (AvgIpc) is 3.47. The molecular formula is C35H39NO7. The summed E-state index contributed by atoms with van der Waals surface area (Å²) in [5, 5.41) is 32.9. The Morgan fingerprint density at radius 3 is 2.72 bits per heavy atom. The van der Waals surface area contributed by atoms with Crippen LogP contribution in [0.15, 0.2) is 66.3 Å². The molecule has 1 saturated heterocycles. The lowest BCUT2D eigenvalue weighted by atomic mass is 9.46. The molecule has 4 aliphatic carbocycles. The Labute approximate surface area is 251 Å². The minimum atomic E-state index is -1.44. The summed E-state index contributed by atoms with van der Waals surface area (Å²) in [6, 6.07) is 12.8. The first-order chi connectivity index (χ1) is 20.5. The van der Waals surface area contributed by atoms with Crippen LogP contribution in [-0.2, 0) is 25.5 Å². The highest BCUT2D eigenvalue weighted by Crippen LogP contribution is 2.70. The van der Waals surface area contributed by atoms with E-state index < -0.39 is 47.3 Å². The fourth-order valence-corrected chi connectivity index (χ4v) is 9.63. The average molecular weight is 586 g/mol. The smallest absolute Gasteiger partial charge is 0.193 e. The molecule has 0 radical (unpaired) electrons. The number of aromatic hydroxyl groups is 1. The molecule has 0 aromatic heterocycles. The van der Waals surface area contributed by atoms with Crippen LogP contribution in [0.3, 0.4) is 0 Å². The molecule has 0 amide bonds. The maximum atomic E-state index is 13.7. The highest BCUT2D eigenvalue weighted by molar-refractivity contribution is 6.01. The first kappa shape index (κ1) is 28.5. The number of hydrogen-bond donors (Lipinski definition) is 4. The van der Waals surface area contributed by atoms with Gasteiger partial charge in [-0.15, -0.1) is 0 Å². The Balaban J connectivity index is 1.19. The van der Waals surface area contributed by atoms with Crippen molar-refractivity contribution in [2.45, 2.75) is 70.1 Å². The summed E-state index contributed by atoms with van der Waals surface area (Å²) in [6.07, 6.45) is 5.96. The minimum Gasteiger partial charge on any atom is -0.508 e. The molecule has 7 rings (SSSR count). The van der Waals surface area contributed by atoms with Crippen LogP contribution in [0, 0.1) is 28.6 Å². The number of rotatable bonds is 5. The molecule has 8 heteroatoms. The molecule has 5 N–H and O–H groups in total. The van der Waals surface area contributed by atoms with Crippen molar-refractivity contribution in [1.29, 1.82) is 0 Å². The van der Waals surface area contributed by atoms with Gasteiger partial charge in [0.05, 0.1) is 12.2 Å². The summed E-state index contributed by atoms with van der Waals surface area (Å²) in [4.78, 5) is 25.9. The normalized spacial score (nSPS) is 39.4. The van der Waals surface area contributed by atoms with Gasteiger partial charge in [-0.25, -0.2) is 0 Å². The van der Waals surface area contributed by atoms with Crippen molar-refractivity contribution in [3.05, 3.63) is 83.0 Å². The molecule has 3 saturated carbocycles. The monoisotopic (exact) mass is 585 g/mol. The number of nitrogens with two attached hydrogens (primary N) is 1. The number of anilines is 1. The molecule has 1 heterocycles. The van der Waals surface area contributed by atoms with Crippen molar-refractivity contribution in [2.75, 3.05) is 12.3 Å². The second kappa shape index (κ2) is 9.86. The van der Waals surface area contributed by atoms with E-state index in [2.05, 4.69) is 6.92 Å². The van der Waals surface area contributed by atoms with Gasteiger partial charge in [0.2, 0.25) is 0 Å². The van der Waals surface area contributed by atoms with Crippen molar-refractivity contribution >= 4 is 17.3 Å². The Bertz CT molecular complexity index is 1560. The number of phenols is 1. The number of carbonyl (C=O) groups excluding carboxylic acids is 2. The number of aliphatic hydroxyl groups excluding tert-OH is 2. The molecule has 4 fully saturated rings. The summed E-state index contributed by atoms with van der Waals surface area (Å²) in [5.41, 5.74) is 7.26. The predicted molar refractivity (Wildman–Crippen MR) is 159 cm³/mol. The van der Waals surface area contributed by atoms with E-state index in [1.807, 2.05) is 49.4 Å². The lowest BCUT2D eigenvalue weighted by molar-refractivity contribution is -0.201. The third kappa shape index (κ3) is 4.03. The van der Waals surface area contributed by atoms with E-state index in [4.69, 9.17) is 15.2 Å². The highest BCUT2D eigenvalue weighted by atomic mass is 16.7. The molecular weight excluding hydrogens is 546 g/mol. The first-order valence-corrected chi connectivity index (χ1v) is 15.3. The quantitative estimate of drug-likeness (QED) is 0.384. The van der Waals surface area contributed by atoms with Gasteiger partial charge in [0, 0.05) is 34.4 Å². The van der Waals surface area contributed by atoms with Crippen LogP contribution in [-0.4, -0.2) is 51.3 Å². The van der Waals surface area contributed by atoms with Gasteiger partial charge < -0.3 is 30.5 Å². The molecule has 2 aromatic carbocycles. The second-order valence-electron chi connectivity index (χ2n) is 13.6. The fourth-order valence-electron chi connectivity index (χ4n) is 9.63. The molecule has 8 nitrogen and oxygen atoms in total. The molecule has 5 aliphatic rings. The zero-order valence-corrected chi connectivity index (χ0v) is 24.5. The van der Waals surface area contributed by atoms with Crippen LogP contribution in [0.4, 0.5) is 5.69 Å². The van der Waals surface area contributed by atoms with E-state index >= 15 is 0 Å². The van der Waals surface area contributed by atoms with Crippen LogP contribution in [0.1, 0.15) is 62.5 Å². The van der Waals surface area contributed by atoms with Crippen LogP contribution >= 0.6 is 0 Å². The minimum absolute atomic E-state index is 0.0133. The maximum absolute atomic E-state index is 13.7. The molecule has 43 heavy (non-hydrogen) atoms. The summed E-state index contributed by atoms with van der Waals surface area (Å²) in [5.74, 6) is -0.366. The first-order valence-electron chi connectivity index (χ1n) is 15.3. The Morgan fingerprint density at radius 1 is 1.16 bits per heavy atom. The summed E-state index contributed by atoms with van der Waals surface area (Å²) >= 11 is 0. The number of ketones is 2. The van der Waals surface area contributed by atoms with Gasteiger partial charge in [0.15, 0.2) is 23.5 Å². The van der Waals surface area contributed by atoms with E-state index in [0.29, 0.717) is 30.5 Å². The number of Topliss-reactive ketones (excluding diaryl/α,β-unsaturated/α-hetero) is 1. The van der Waals surface area contributed by atoms with Crippen LogP contribution in [0.2, 0.25) is 0 Å². The molecule has 0 bridgehead atoms. The molecule has 9 atom stereocenters. The SMILES string of the molecule is C[C@]12C=CC(=O)C=C1CC[C@@H]1C2[C@@H](O)C[C@@]2(C)[C@H]1C[C@H]1O[C@@H](c3ccc(Cc4cccc(N)c4)c(O)c3)O[C@]12C(=O)CO. The lowest BCUT2D eigenvalue weighted by Crippen LogP contribution is -2.63. The van der Waals surface area contributed by atoms with Gasteiger partial charge in [0.1, 0.15) is 12.4 Å². The van der Waals surface area contributed by atoms with E-state index in [-0.39, 0.29) is 29.3 Å². The Hall–Kier alpha value is -3.30. The summed E-state index contributed by atoms with van der Waals surface area (Å²) < 4.78 is 13.2. The zero-order valence-electron chi connectivity index (χ0n) is 24.5. The largest absolute Gasteiger partial charge is 0.508 e. The van der Waals surface area contributed by atoms with Crippen LogP contribution < -0.4 is 5.73 Å². The molecule has 1 aliphatic heterocycles. The number of carbonyl (C=O) groups is 2. The molecule has 2 aromatic rings. The predicted octanol–water partition coefficient (Wildman–Crippen LogP) is 4.17. The number of allylic oxidation sites excluding steroid dienone is 4. The van der Waals surface area contributed by atoms with Crippen molar-refractivity contribution in [3.8, 4) is 5.75 Å². The Morgan fingerprint density at radius 2 is 1.98 bits per heavy atom. The zero-order chi connectivity index (χ0) is 30.3. The number of phenolic OH excluding ortho intramolecular Hbond substituents is 1. The summed E-state index contributed by atoms with van der Waals surface area (Å²) in [7, 11) is 0. The van der Waals surface area contributed by atoms with Gasteiger partial charge in [0.25, 0.3) is 0 Å². The van der Waals surface area contributed by atoms with E-state index in [1.165, 1.54) is 0 Å². The van der Waals surface area contributed by atoms with Crippen molar-refractivity contribution in [1.82, 2.24) is 0 Å². The van der Waals surface area contributed by atoms with Crippen LogP contribution in [0.25, 0.3) is 0 Å². The van der Waals surface area contributed by atoms with Gasteiger partial charge in [-0.05, 0) is 79.0 Å². The number of ether oxygens (including phenoxy) is 2. The van der Waals surface area contributed by atoms with Crippen molar-refractivity contribution in [2.24, 2.45) is 28.6 Å². The van der Waals surface area contributed by atoms with Gasteiger partial charge >= 0.3 is 0 Å². The number of benzene rings is 2. The fraction of sp³-hybridized carbons (Fsp3) is 0.486. The van der Waals surface area contributed by atoms with E-state index in [9.17, 15) is 24.9 Å². The third-order valence-corrected chi connectivity index (χ3v) is 11.5. The number of nitrogen functional groups attached to an aromatic ring is 1. The second-order valence-corrected chi connectivity index (χ2v) is 13.6. The summed E-state index contributed by atoms with van der Waals surface area (Å²) in [6.45, 7) is 3.43. The van der Waals surface area contributed by atoms with Crippen molar-refractivity contribution in [3.63, 3.8) is 0 Å². The topological polar surface area (TPSA) is 139 Å². The van der Waals surface area contributed by atoms with E-state index in [1.54, 1.807) is 18.2 Å². The molecule has 0 spiro atoms. The number of aliphatic hydroxyl groups is 2. The standard InChI is InChI=1S/C35H39NO7/c1-33-11-10-24(38)15-22(33)8-9-25-26-16-30-35(29(41)18-37,34(26,2)17-28(40)31(25)33)43-32(42-30)21-7-6-20(27(39)14-21)12-19-4-3-5-23(36)13-19/h3-7,10-11,13-15,25-26,28,30-32,37,39-40H,8-9,12,16-18,36H2,1-2H3/t25-,26-,28-,30+,31?,32+,33-,34-,35+/m0/s1.